The molecule has 1 N–H and O–H groups in total. The third-order valence-electron chi connectivity index (χ3n) is 4.59. The van der Waals surface area contributed by atoms with Crippen molar-refractivity contribution in [1.82, 2.24) is 10.2 Å². The molecule has 108 valence electrons. The van der Waals surface area contributed by atoms with Crippen LogP contribution in [0.15, 0.2) is 0 Å². The molecule has 5 heteroatoms. The fourth-order valence-electron chi connectivity index (χ4n) is 3.10. The third kappa shape index (κ3) is 2.04. The lowest BCUT2D eigenvalue weighted by Gasteiger charge is -2.51. The second-order valence-corrected chi connectivity index (χ2v) is 6.33. The molecule has 2 amide bonds. The summed E-state index contributed by atoms with van der Waals surface area (Å²) >= 11 is 0. The van der Waals surface area contributed by atoms with Crippen molar-refractivity contribution in [2.75, 3.05) is 6.61 Å². The lowest BCUT2D eigenvalue weighted by atomic mass is 9.85. The summed E-state index contributed by atoms with van der Waals surface area (Å²) < 4.78 is 5.64. The van der Waals surface area contributed by atoms with Crippen molar-refractivity contribution in [3.8, 4) is 0 Å². The highest BCUT2D eigenvalue weighted by molar-refractivity contribution is 5.99. The van der Waals surface area contributed by atoms with Crippen LogP contribution in [0.1, 0.15) is 47.5 Å². The zero-order valence-corrected chi connectivity index (χ0v) is 12.4. The molecule has 0 aliphatic carbocycles. The zero-order valence-electron chi connectivity index (χ0n) is 12.4. The molecule has 2 aliphatic heterocycles. The van der Waals surface area contributed by atoms with Crippen molar-refractivity contribution in [2.24, 2.45) is 0 Å². The molecule has 3 unspecified atom stereocenters. The summed E-state index contributed by atoms with van der Waals surface area (Å²) in [4.78, 5) is 26.8. The summed E-state index contributed by atoms with van der Waals surface area (Å²) in [6.45, 7) is 10.1. The van der Waals surface area contributed by atoms with Gasteiger partial charge in [-0.25, -0.2) is 0 Å². The highest BCUT2D eigenvalue weighted by Crippen LogP contribution is 2.37. The maximum atomic E-state index is 12.8. The SMILES string of the molecule is CCC1C(=O)NC(C)(C)C(=O)N1C1(C)CCOC1C. The van der Waals surface area contributed by atoms with Gasteiger partial charge in [0.25, 0.3) is 0 Å². The van der Waals surface area contributed by atoms with E-state index in [2.05, 4.69) is 5.32 Å². The molecule has 2 aliphatic rings. The van der Waals surface area contributed by atoms with E-state index in [1.54, 1.807) is 18.7 Å². The van der Waals surface area contributed by atoms with Crippen LogP contribution in [0.25, 0.3) is 0 Å². The van der Waals surface area contributed by atoms with E-state index in [1.165, 1.54) is 0 Å². The van der Waals surface area contributed by atoms with Gasteiger partial charge in [-0.1, -0.05) is 6.92 Å². The topological polar surface area (TPSA) is 58.6 Å². The van der Waals surface area contributed by atoms with Crippen molar-refractivity contribution in [1.29, 1.82) is 0 Å². The summed E-state index contributed by atoms with van der Waals surface area (Å²) in [6.07, 6.45) is 1.35. The van der Waals surface area contributed by atoms with Crippen LogP contribution in [0.5, 0.6) is 0 Å². The second-order valence-electron chi connectivity index (χ2n) is 6.33. The summed E-state index contributed by atoms with van der Waals surface area (Å²) in [5.74, 6) is -0.0776. The van der Waals surface area contributed by atoms with Gasteiger partial charge in [-0.2, -0.15) is 0 Å². The van der Waals surface area contributed by atoms with Gasteiger partial charge in [0, 0.05) is 6.61 Å². The van der Waals surface area contributed by atoms with Gasteiger partial charge in [0.05, 0.1) is 11.6 Å². The monoisotopic (exact) mass is 268 g/mol. The summed E-state index contributed by atoms with van der Waals surface area (Å²) in [5.41, 5.74) is -1.24. The van der Waals surface area contributed by atoms with Gasteiger partial charge >= 0.3 is 0 Å². The number of carbonyl (C=O) groups excluding carboxylic acids is 2. The first-order valence-corrected chi connectivity index (χ1v) is 7.01. The molecule has 5 nitrogen and oxygen atoms in total. The molecule has 3 atom stereocenters. The van der Waals surface area contributed by atoms with Gasteiger partial charge in [-0.3, -0.25) is 9.59 Å². The number of nitrogens with zero attached hydrogens (tertiary/aromatic N) is 1. The van der Waals surface area contributed by atoms with Crippen molar-refractivity contribution in [3.63, 3.8) is 0 Å². The first-order chi connectivity index (χ1) is 8.74. The van der Waals surface area contributed by atoms with Crippen LogP contribution in [-0.2, 0) is 14.3 Å². The van der Waals surface area contributed by atoms with Gasteiger partial charge in [0.2, 0.25) is 11.8 Å². The molecule has 0 saturated carbocycles. The van der Waals surface area contributed by atoms with Crippen molar-refractivity contribution in [3.05, 3.63) is 0 Å². The molecule has 0 aromatic rings. The predicted octanol–water partition coefficient (Wildman–Crippen LogP) is 1.07. The number of carbonyl (C=O) groups is 2. The minimum Gasteiger partial charge on any atom is -0.376 e. The van der Waals surface area contributed by atoms with Gasteiger partial charge < -0.3 is 15.0 Å². The highest BCUT2D eigenvalue weighted by atomic mass is 16.5. The van der Waals surface area contributed by atoms with E-state index in [1.807, 2.05) is 20.8 Å². The van der Waals surface area contributed by atoms with E-state index in [0.29, 0.717) is 13.0 Å². The van der Waals surface area contributed by atoms with Gasteiger partial charge in [0.15, 0.2) is 0 Å². The molecule has 0 aromatic heterocycles. The van der Waals surface area contributed by atoms with Crippen LogP contribution < -0.4 is 5.32 Å². The highest BCUT2D eigenvalue weighted by Gasteiger charge is 2.54. The van der Waals surface area contributed by atoms with Crippen molar-refractivity contribution < 1.29 is 14.3 Å². The molecular weight excluding hydrogens is 244 g/mol. The van der Waals surface area contributed by atoms with E-state index in [9.17, 15) is 9.59 Å². The number of ether oxygens (including phenoxy) is 1. The summed E-state index contributed by atoms with van der Waals surface area (Å²) in [7, 11) is 0. The molecule has 19 heavy (non-hydrogen) atoms. The van der Waals surface area contributed by atoms with Crippen LogP contribution >= 0.6 is 0 Å². The minimum atomic E-state index is -0.839. The molecule has 2 rings (SSSR count). The van der Waals surface area contributed by atoms with Gasteiger partial charge in [-0.05, 0) is 40.5 Å². The molecule has 2 fully saturated rings. The second kappa shape index (κ2) is 4.47. The summed E-state index contributed by atoms with van der Waals surface area (Å²) in [5, 5.41) is 2.82. The van der Waals surface area contributed by atoms with E-state index >= 15 is 0 Å². The Balaban J connectivity index is 2.43. The average molecular weight is 268 g/mol. The summed E-state index contributed by atoms with van der Waals surface area (Å²) in [6, 6.07) is -0.394. The molecule has 0 spiro atoms. The molecule has 0 bridgehead atoms. The van der Waals surface area contributed by atoms with Gasteiger partial charge in [0.1, 0.15) is 11.6 Å². The van der Waals surface area contributed by atoms with Crippen LogP contribution in [-0.4, -0.2) is 46.5 Å². The molecule has 0 radical (unpaired) electrons. The Labute approximate surface area is 114 Å². The standard InChI is InChI=1S/C14H24N2O3/c1-6-10-11(17)15-13(3,4)12(18)16(10)14(5)7-8-19-9(14)2/h9-10H,6-8H2,1-5H3,(H,15,17). The number of piperazine rings is 1. The maximum absolute atomic E-state index is 12.8. The van der Waals surface area contributed by atoms with Crippen LogP contribution in [0.2, 0.25) is 0 Å². The van der Waals surface area contributed by atoms with Crippen LogP contribution in [0.3, 0.4) is 0 Å². The normalized spacial score (nSPS) is 38.5. The Morgan fingerprint density at radius 3 is 2.47 bits per heavy atom. The van der Waals surface area contributed by atoms with E-state index in [0.717, 1.165) is 6.42 Å². The fourth-order valence-corrected chi connectivity index (χ4v) is 3.10. The zero-order chi connectivity index (χ0) is 14.4. The average Bonchev–Trinajstić information content (AvgIpc) is 2.64. The fraction of sp³-hybridized carbons (Fsp3) is 0.857. The van der Waals surface area contributed by atoms with Gasteiger partial charge in [-0.15, -0.1) is 0 Å². The Hall–Kier alpha value is -1.10. The predicted molar refractivity (Wildman–Crippen MR) is 71.6 cm³/mol. The van der Waals surface area contributed by atoms with E-state index in [-0.39, 0.29) is 17.9 Å². The molecule has 2 heterocycles. The lowest BCUT2D eigenvalue weighted by molar-refractivity contribution is -0.163. The Kier molecular flexibility index (Phi) is 3.37. The molecule has 2 saturated heterocycles. The Morgan fingerprint density at radius 1 is 1.37 bits per heavy atom. The third-order valence-corrected chi connectivity index (χ3v) is 4.59. The smallest absolute Gasteiger partial charge is 0.248 e. The quantitative estimate of drug-likeness (QED) is 0.815. The Bertz CT molecular complexity index is 407. The first kappa shape index (κ1) is 14.3. The Morgan fingerprint density at radius 2 is 2.00 bits per heavy atom. The van der Waals surface area contributed by atoms with E-state index in [4.69, 9.17) is 4.74 Å². The lowest BCUT2D eigenvalue weighted by Crippen LogP contribution is -2.73. The minimum absolute atomic E-state index is 0.0150. The van der Waals surface area contributed by atoms with Crippen LogP contribution in [0.4, 0.5) is 0 Å². The molecular formula is C14H24N2O3. The maximum Gasteiger partial charge on any atom is 0.248 e. The first-order valence-electron chi connectivity index (χ1n) is 7.01. The van der Waals surface area contributed by atoms with E-state index < -0.39 is 17.1 Å². The van der Waals surface area contributed by atoms with Crippen LogP contribution in [0, 0.1) is 0 Å². The number of hydrogen-bond donors (Lipinski definition) is 1. The number of hydrogen-bond acceptors (Lipinski definition) is 3. The number of nitrogens with one attached hydrogen (secondary N) is 1. The number of rotatable bonds is 2. The van der Waals surface area contributed by atoms with Crippen molar-refractivity contribution in [2.45, 2.75) is 70.7 Å². The van der Waals surface area contributed by atoms with Crippen molar-refractivity contribution >= 4 is 11.8 Å². The largest absolute Gasteiger partial charge is 0.376 e. The number of amides is 2. The molecule has 0 aromatic carbocycles.